The normalized spacial score (nSPS) is 23.2. The zero-order valence-corrected chi connectivity index (χ0v) is 27.6. The largest absolute Gasteiger partial charge is 0.631 e. The van der Waals surface area contributed by atoms with Gasteiger partial charge in [-0.1, -0.05) is 173 Å². The standard InChI is InChI=1S/C18H30OS.C16H32O.BH3O3/c1-2-3-4-5-6-7-8-9-10-11-14-17-15-12-13-16-18(17,19)20-17;1-2-3-4-5-6-7-8-9-10-11-12-13-14-16-15-17-16;2-1(3)4/h12-13,15-16,19H,2-11,14H2,1H3;16H,2-15H2,1H3;2-4H. The zero-order valence-electron chi connectivity index (χ0n) is 26.7. The highest BCUT2D eigenvalue weighted by atomic mass is 32.2. The van der Waals surface area contributed by atoms with Gasteiger partial charge in [-0.25, -0.2) is 0 Å². The molecule has 2 aliphatic heterocycles. The molecule has 5 nitrogen and oxygen atoms in total. The highest BCUT2D eigenvalue weighted by molar-refractivity contribution is 8.09. The van der Waals surface area contributed by atoms with Gasteiger partial charge in [-0.05, 0) is 18.9 Å². The van der Waals surface area contributed by atoms with Gasteiger partial charge in [0.1, 0.15) is 4.93 Å². The van der Waals surface area contributed by atoms with Crippen LogP contribution in [0.15, 0.2) is 24.3 Å². The van der Waals surface area contributed by atoms with Gasteiger partial charge in [0.15, 0.2) is 0 Å². The number of rotatable bonds is 24. The molecule has 2 fully saturated rings. The molecule has 2 saturated heterocycles. The monoisotopic (exact) mass is 596 g/mol. The van der Waals surface area contributed by atoms with E-state index in [1.54, 1.807) is 11.8 Å². The van der Waals surface area contributed by atoms with E-state index in [2.05, 4.69) is 26.0 Å². The summed E-state index contributed by atoms with van der Waals surface area (Å²) in [5.74, 6) is 0. The van der Waals surface area contributed by atoms with Gasteiger partial charge in [-0.2, -0.15) is 0 Å². The topological polar surface area (TPSA) is 93.5 Å². The molecule has 41 heavy (non-hydrogen) atoms. The van der Waals surface area contributed by atoms with Gasteiger partial charge in [-0.3, -0.25) is 0 Å². The van der Waals surface area contributed by atoms with Crippen LogP contribution in [-0.2, 0) is 4.74 Å². The molecule has 3 aliphatic rings. The zero-order chi connectivity index (χ0) is 30.1. The molecule has 0 spiro atoms. The molecular weight excluding hydrogens is 531 g/mol. The lowest BCUT2D eigenvalue weighted by Crippen LogP contribution is -2.23. The van der Waals surface area contributed by atoms with Gasteiger partial charge in [0.25, 0.3) is 0 Å². The Kier molecular flexibility index (Phi) is 23.7. The summed E-state index contributed by atoms with van der Waals surface area (Å²) >= 11 is 1.71. The molecule has 2 heterocycles. The molecule has 4 N–H and O–H groups in total. The predicted octanol–water partition coefficient (Wildman–Crippen LogP) is 9.02. The van der Waals surface area contributed by atoms with Crippen molar-refractivity contribution < 1.29 is 24.9 Å². The Morgan fingerprint density at radius 3 is 1.39 bits per heavy atom. The van der Waals surface area contributed by atoms with Crippen molar-refractivity contribution in [2.24, 2.45) is 0 Å². The third-order valence-corrected chi connectivity index (χ3v) is 10.0. The van der Waals surface area contributed by atoms with Crippen LogP contribution < -0.4 is 0 Å². The minimum Gasteiger partial charge on any atom is -0.402 e. The van der Waals surface area contributed by atoms with Crippen molar-refractivity contribution in [2.45, 2.75) is 184 Å². The SMILES string of the molecule is CCCCCCCCCCCCC12C=CC=CC1(O)S2.CCCCCCCCCCCCCCC1CO1.OB(O)O. The van der Waals surface area contributed by atoms with Crippen LogP contribution in [0.3, 0.4) is 0 Å². The van der Waals surface area contributed by atoms with Crippen molar-refractivity contribution in [3.8, 4) is 0 Å². The number of fused-ring (bicyclic) bond motifs is 1. The van der Waals surface area contributed by atoms with Crippen LogP contribution in [0.1, 0.15) is 168 Å². The maximum Gasteiger partial charge on any atom is 0.631 e. The number of thioether (sulfide) groups is 1. The number of ether oxygens (including phenoxy) is 1. The van der Waals surface area contributed by atoms with Crippen LogP contribution in [0.25, 0.3) is 0 Å². The van der Waals surface area contributed by atoms with Gasteiger partial charge in [-0.15, -0.1) is 11.8 Å². The van der Waals surface area contributed by atoms with E-state index in [1.165, 1.54) is 148 Å². The Balaban J connectivity index is 0.000000367. The van der Waals surface area contributed by atoms with Crippen molar-refractivity contribution in [1.29, 1.82) is 0 Å². The van der Waals surface area contributed by atoms with Crippen molar-refractivity contribution in [2.75, 3.05) is 6.61 Å². The molecule has 0 saturated carbocycles. The number of hydrogen-bond acceptors (Lipinski definition) is 6. The fourth-order valence-corrected chi connectivity index (χ4v) is 6.90. The Hall–Kier alpha value is -0.305. The van der Waals surface area contributed by atoms with E-state index in [9.17, 15) is 5.11 Å². The van der Waals surface area contributed by atoms with Crippen LogP contribution in [0, 0.1) is 0 Å². The van der Waals surface area contributed by atoms with E-state index >= 15 is 0 Å². The Labute approximate surface area is 258 Å². The number of unbranched alkanes of at least 4 members (excludes halogenated alkanes) is 20. The highest BCUT2D eigenvalue weighted by Gasteiger charge is 2.65. The van der Waals surface area contributed by atoms with E-state index in [4.69, 9.17) is 19.8 Å². The molecule has 0 aromatic heterocycles. The lowest BCUT2D eigenvalue weighted by Gasteiger charge is -2.15. The minimum atomic E-state index is -2.17. The molecule has 1 aliphatic carbocycles. The fourth-order valence-electron chi connectivity index (χ4n) is 5.61. The molecule has 7 heteroatoms. The van der Waals surface area contributed by atoms with Crippen LogP contribution in [0.2, 0.25) is 0 Å². The fraction of sp³-hybridized carbons (Fsp3) is 0.882. The summed E-state index contributed by atoms with van der Waals surface area (Å²) in [6, 6.07) is 0. The van der Waals surface area contributed by atoms with Crippen LogP contribution in [0.5, 0.6) is 0 Å². The van der Waals surface area contributed by atoms with Crippen molar-refractivity contribution in [3.05, 3.63) is 24.3 Å². The van der Waals surface area contributed by atoms with E-state index in [-0.39, 0.29) is 4.75 Å². The number of hydrogen-bond donors (Lipinski definition) is 4. The van der Waals surface area contributed by atoms with E-state index in [0.29, 0.717) is 6.10 Å². The summed E-state index contributed by atoms with van der Waals surface area (Å²) in [7, 11) is -2.17. The first-order chi connectivity index (χ1) is 19.9. The summed E-state index contributed by atoms with van der Waals surface area (Å²) in [5.41, 5.74) is 0. The van der Waals surface area contributed by atoms with E-state index in [0.717, 1.165) is 13.0 Å². The minimum absolute atomic E-state index is 0.0297. The van der Waals surface area contributed by atoms with Crippen LogP contribution >= 0.6 is 11.8 Å². The maximum atomic E-state index is 10.3. The average molecular weight is 597 g/mol. The Morgan fingerprint density at radius 1 is 0.634 bits per heavy atom. The molecule has 3 unspecified atom stereocenters. The summed E-state index contributed by atoms with van der Waals surface area (Å²) in [6.45, 7) is 5.60. The molecule has 0 amide bonds. The van der Waals surface area contributed by atoms with Gasteiger partial charge < -0.3 is 24.9 Å². The molecule has 0 aromatic rings. The predicted molar refractivity (Wildman–Crippen MR) is 178 cm³/mol. The molecule has 0 aromatic carbocycles. The summed E-state index contributed by atoms with van der Waals surface area (Å²) < 4.78 is 5.24. The molecule has 0 bridgehead atoms. The molecule has 3 rings (SSSR count). The summed E-state index contributed by atoms with van der Waals surface area (Å²) in [5, 5.41) is 31.8. The Morgan fingerprint density at radius 2 is 1.00 bits per heavy atom. The summed E-state index contributed by atoms with van der Waals surface area (Å²) in [4.78, 5) is -0.568. The molecule has 240 valence electrons. The third kappa shape index (κ3) is 21.1. The van der Waals surface area contributed by atoms with Gasteiger partial charge in [0, 0.05) is 0 Å². The van der Waals surface area contributed by atoms with Crippen molar-refractivity contribution >= 4 is 19.1 Å². The molecule has 3 atom stereocenters. The van der Waals surface area contributed by atoms with Crippen molar-refractivity contribution in [3.63, 3.8) is 0 Å². The second-order valence-corrected chi connectivity index (χ2v) is 13.9. The smallest absolute Gasteiger partial charge is 0.402 e. The first kappa shape index (κ1) is 38.7. The van der Waals surface area contributed by atoms with Crippen molar-refractivity contribution in [1.82, 2.24) is 0 Å². The second kappa shape index (κ2) is 25.1. The number of allylic oxidation sites excluding steroid dienone is 2. The highest BCUT2D eigenvalue weighted by Crippen LogP contribution is 2.67. The van der Waals surface area contributed by atoms with Gasteiger partial charge in [0.05, 0.1) is 17.5 Å². The van der Waals surface area contributed by atoms with E-state index in [1.807, 2.05) is 12.2 Å². The first-order valence-corrected chi connectivity index (χ1v) is 18.2. The van der Waals surface area contributed by atoms with Gasteiger partial charge >= 0.3 is 7.32 Å². The van der Waals surface area contributed by atoms with Gasteiger partial charge in [0.2, 0.25) is 0 Å². The number of aliphatic hydroxyl groups is 1. The lowest BCUT2D eigenvalue weighted by molar-refractivity contribution is 0.193. The first-order valence-electron chi connectivity index (χ1n) is 17.3. The van der Waals surface area contributed by atoms with Crippen LogP contribution in [0.4, 0.5) is 0 Å². The Bertz CT molecular complexity index is 654. The van der Waals surface area contributed by atoms with E-state index < -0.39 is 12.3 Å². The average Bonchev–Trinajstić information content (AvgIpc) is 3.86. The second-order valence-electron chi connectivity index (χ2n) is 12.3. The number of epoxide rings is 1. The van der Waals surface area contributed by atoms with Crippen LogP contribution in [-0.4, -0.2) is 49.9 Å². The third-order valence-electron chi connectivity index (χ3n) is 8.38. The molecule has 0 radical (unpaired) electrons. The lowest BCUT2D eigenvalue weighted by atomic mass is 9.91. The molecular formula is C34H65BO5S. The quantitative estimate of drug-likeness (QED) is 0.0505. The summed E-state index contributed by atoms with van der Waals surface area (Å²) in [6.07, 6.45) is 42.4. The maximum absolute atomic E-state index is 10.3.